The number of hydrogen-bond acceptors (Lipinski definition) is 4. The summed E-state index contributed by atoms with van der Waals surface area (Å²) in [4.78, 5) is 0. The van der Waals surface area contributed by atoms with Crippen LogP contribution in [-0.4, -0.2) is 57.4 Å². The molecule has 0 aromatic rings. The van der Waals surface area contributed by atoms with E-state index in [1.54, 1.807) is 7.11 Å². The Balaban J connectivity index is 4.31. The number of likely N-dealkylation sites (N-methyl/N-ethyl adjacent to an activating group) is 1. The Labute approximate surface area is 112 Å². The van der Waals surface area contributed by atoms with Crippen molar-refractivity contribution in [3.05, 3.63) is 0 Å². The van der Waals surface area contributed by atoms with E-state index in [4.69, 9.17) is 4.74 Å². The molecular formula is C12H28N2O3S. The van der Waals surface area contributed by atoms with E-state index in [9.17, 15) is 8.42 Å². The summed E-state index contributed by atoms with van der Waals surface area (Å²) >= 11 is 0. The van der Waals surface area contributed by atoms with Crippen LogP contribution in [0.1, 0.15) is 34.1 Å². The Morgan fingerprint density at radius 2 is 1.89 bits per heavy atom. The van der Waals surface area contributed by atoms with Crippen molar-refractivity contribution < 1.29 is 13.2 Å². The molecule has 6 heteroatoms. The highest BCUT2D eigenvalue weighted by atomic mass is 32.2. The molecule has 1 atom stereocenters. The molecule has 0 aromatic carbocycles. The first-order chi connectivity index (χ1) is 8.35. The molecule has 0 aromatic heterocycles. The Morgan fingerprint density at radius 1 is 1.28 bits per heavy atom. The van der Waals surface area contributed by atoms with E-state index in [0.29, 0.717) is 25.6 Å². The van der Waals surface area contributed by atoms with Crippen LogP contribution in [0.4, 0.5) is 0 Å². The third kappa shape index (κ3) is 6.68. The molecule has 0 spiro atoms. The number of ether oxygens (including phenoxy) is 1. The minimum atomic E-state index is -3.18. The largest absolute Gasteiger partial charge is 0.383 e. The molecule has 5 nitrogen and oxygen atoms in total. The van der Waals surface area contributed by atoms with Crippen LogP contribution in [0.2, 0.25) is 0 Å². The zero-order chi connectivity index (χ0) is 14.2. The fourth-order valence-electron chi connectivity index (χ4n) is 1.87. The van der Waals surface area contributed by atoms with Crippen LogP contribution in [0.5, 0.6) is 0 Å². The van der Waals surface area contributed by atoms with Crippen molar-refractivity contribution in [2.24, 2.45) is 0 Å². The van der Waals surface area contributed by atoms with Crippen LogP contribution in [0.3, 0.4) is 0 Å². The summed E-state index contributed by atoms with van der Waals surface area (Å²) in [5.41, 5.74) is 0. The monoisotopic (exact) mass is 280 g/mol. The van der Waals surface area contributed by atoms with Crippen molar-refractivity contribution in [1.29, 1.82) is 0 Å². The molecule has 0 radical (unpaired) electrons. The number of sulfonamides is 1. The SMILES string of the molecule is CCN(C(C)COC)S(=O)(=O)CCCNC(C)C. The predicted molar refractivity (Wildman–Crippen MR) is 75.3 cm³/mol. The van der Waals surface area contributed by atoms with E-state index in [-0.39, 0.29) is 11.8 Å². The number of nitrogens with zero attached hydrogens (tertiary/aromatic N) is 1. The van der Waals surface area contributed by atoms with Gasteiger partial charge in [-0.25, -0.2) is 8.42 Å². The summed E-state index contributed by atoms with van der Waals surface area (Å²) in [5, 5.41) is 3.22. The van der Waals surface area contributed by atoms with Crippen molar-refractivity contribution in [2.45, 2.75) is 46.2 Å². The van der Waals surface area contributed by atoms with Gasteiger partial charge in [0.2, 0.25) is 10.0 Å². The lowest BCUT2D eigenvalue weighted by molar-refractivity contribution is 0.142. The molecule has 0 bridgehead atoms. The second-order valence-corrected chi connectivity index (χ2v) is 6.83. The summed E-state index contributed by atoms with van der Waals surface area (Å²) < 4.78 is 30.9. The molecule has 110 valence electrons. The molecule has 0 aliphatic heterocycles. The van der Waals surface area contributed by atoms with Gasteiger partial charge in [0.05, 0.1) is 12.4 Å². The first-order valence-corrected chi connectivity index (χ1v) is 8.17. The van der Waals surface area contributed by atoms with E-state index in [1.165, 1.54) is 4.31 Å². The van der Waals surface area contributed by atoms with Gasteiger partial charge in [-0.05, 0) is 19.9 Å². The van der Waals surface area contributed by atoms with Gasteiger partial charge in [-0.1, -0.05) is 20.8 Å². The average molecular weight is 280 g/mol. The lowest BCUT2D eigenvalue weighted by Gasteiger charge is -2.26. The van der Waals surface area contributed by atoms with E-state index < -0.39 is 10.0 Å². The minimum absolute atomic E-state index is 0.108. The molecule has 0 aliphatic carbocycles. The van der Waals surface area contributed by atoms with Gasteiger partial charge < -0.3 is 10.1 Å². The molecule has 0 amide bonds. The smallest absolute Gasteiger partial charge is 0.214 e. The van der Waals surface area contributed by atoms with E-state index >= 15 is 0 Å². The maximum absolute atomic E-state index is 12.2. The second kappa shape index (κ2) is 8.85. The molecular weight excluding hydrogens is 252 g/mol. The van der Waals surface area contributed by atoms with Crippen LogP contribution >= 0.6 is 0 Å². The third-order valence-corrected chi connectivity index (χ3v) is 4.84. The fraction of sp³-hybridized carbons (Fsp3) is 1.00. The second-order valence-electron chi connectivity index (χ2n) is 4.79. The molecule has 0 saturated heterocycles. The zero-order valence-corrected chi connectivity index (χ0v) is 13.1. The van der Waals surface area contributed by atoms with Gasteiger partial charge in [0, 0.05) is 25.7 Å². The lowest BCUT2D eigenvalue weighted by atomic mass is 10.3. The normalized spacial score (nSPS) is 14.4. The third-order valence-electron chi connectivity index (χ3n) is 2.70. The standard InChI is InChI=1S/C12H28N2O3S/c1-6-14(12(4)10-17-5)18(15,16)9-7-8-13-11(2)3/h11-13H,6-10H2,1-5H3. The molecule has 18 heavy (non-hydrogen) atoms. The summed E-state index contributed by atoms with van der Waals surface area (Å²) in [6.45, 7) is 9.48. The van der Waals surface area contributed by atoms with Crippen LogP contribution in [-0.2, 0) is 14.8 Å². The molecule has 0 heterocycles. The van der Waals surface area contributed by atoms with Crippen LogP contribution in [0.15, 0.2) is 0 Å². The van der Waals surface area contributed by atoms with Crippen molar-refractivity contribution in [3.63, 3.8) is 0 Å². The van der Waals surface area contributed by atoms with Gasteiger partial charge in [0.1, 0.15) is 0 Å². The number of methoxy groups -OCH3 is 1. The van der Waals surface area contributed by atoms with E-state index in [2.05, 4.69) is 5.32 Å². The number of hydrogen-bond donors (Lipinski definition) is 1. The minimum Gasteiger partial charge on any atom is -0.383 e. The first-order valence-electron chi connectivity index (χ1n) is 6.57. The lowest BCUT2D eigenvalue weighted by Crippen LogP contribution is -2.42. The maximum Gasteiger partial charge on any atom is 0.214 e. The summed E-state index contributed by atoms with van der Waals surface area (Å²) in [6, 6.07) is 0.283. The highest BCUT2D eigenvalue weighted by molar-refractivity contribution is 7.89. The van der Waals surface area contributed by atoms with Crippen LogP contribution in [0, 0.1) is 0 Å². The summed E-state index contributed by atoms with van der Waals surface area (Å²) in [5.74, 6) is 0.189. The van der Waals surface area contributed by atoms with Crippen molar-refractivity contribution in [3.8, 4) is 0 Å². The first kappa shape index (κ1) is 17.8. The Kier molecular flexibility index (Phi) is 8.77. The maximum atomic E-state index is 12.2. The Hall–Kier alpha value is -0.170. The molecule has 1 unspecified atom stereocenters. The van der Waals surface area contributed by atoms with Gasteiger partial charge in [-0.15, -0.1) is 0 Å². The van der Waals surface area contributed by atoms with Gasteiger partial charge in [0.15, 0.2) is 0 Å². The topological polar surface area (TPSA) is 58.6 Å². The van der Waals surface area contributed by atoms with Gasteiger partial charge in [-0.3, -0.25) is 0 Å². The van der Waals surface area contributed by atoms with Crippen LogP contribution < -0.4 is 5.32 Å². The molecule has 1 N–H and O–H groups in total. The number of nitrogens with one attached hydrogen (secondary N) is 1. The van der Waals surface area contributed by atoms with Crippen molar-refractivity contribution in [1.82, 2.24) is 9.62 Å². The molecule has 0 rings (SSSR count). The highest BCUT2D eigenvalue weighted by Crippen LogP contribution is 2.09. The van der Waals surface area contributed by atoms with Crippen molar-refractivity contribution in [2.75, 3.05) is 32.6 Å². The zero-order valence-electron chi connectivity index (χ0n) is 12.3. The van der Waals surface area contributed by atoms with Crippen molar-refractivity contribution >= 4 is 10.0 Å². The van der Waals surface area contributed by atoms with Gasteiger partial charge >= 0.3 is 0 Å². The van der Waals surface area contributed by atoms with E-state index in [0.717, 1.165) is 6.54 Å². The molecule has 0 aliphatic rings. The summed E-state index contributed by atoms with van der Waals surface area (Å²) in [6.07, 6.45) is 0.636. The van der Waals surface area contributed by atoms with Gasteiger partial charge in [0.25, 0.3) is 0 Å². The quantitative estimate of drug-likeness (QED) is 0.608. The predicted octanol–water partition coefficient (Wildman–Crippen LogP) is 1.06. The van der Waals surface area contributed by atoms with Crippen LogP contribution in [0.25, 0.3) is 0 Å². The molecule has 0 saturated carbocycles. The highest BCUT2D eigenvalue weighted by Gasteiger charge is 2.25. The average Bonchev–Trinajstić information content (AvgIpc) is 2.25. The van der Waals surface area contributed by atoms with Gasteiger partial charge in [-0.2, -0.15) is 4.31 Å². The Morgan fingerprint density at radius 3 is 2.33 bits per heavy atom. The fourth-order valence-corrected chi connectivity index (χ4v) is 3.62. The summed E-state index contributed by atoms with van der Waals surface area (Å²) in [7, 11) is -1.59. The number of rotatable bonds is 10. The molecule has 0 fully saturated rings. The van der Waals surface area contributed by atoms with E-state index in [1.807, 2.05) is 27.7 Å². The Bertz CT molecular complexity index is 304.